The van der Waals surface area contributed by atoms with Crippen molar-refractivity contribution < 1.29 is 64.5 Å². The first-order valence-electron chi connectivity index (χ1n) is 46.1. The number of aromatic nitrogens is 8. The van der Waals surface area contributed by atoms with E-state index in [1.54, 1.807) is 49.1 Å². The lowest BCUT2D eigenvalue weighted by atomic mass is 10.1. The molecule has 41 heteroatoms. The number of amides is 4. The topological polar surface area (TPSA) is 345 Å². The van der Waals surface area contributed by atoms with Gasteiger partial charge in [0, 0.05) is 180 Å². The van der Waals surface area contributed by atoms with Crippen LogP contribution in [0.3, 0.4) is 0 Å². The van der Waals surface area contributed by atoms with Gasteiger partial charge in [-0.15, -0.1) is 19.3 Å². The lowest BCUT2D eigenvalue weighted by Gasteiger charge is -2.33. The molecule has 4 aromatic heterocycles. The molecule has 8 aromatic carbocycles. The maximum atomic E-state index is 13.6. The van der Waals surface area contributed by atoms with Gasteiger partial charge in [0.25, 0.3) is 0 Å². The van der Waals surface area contributed by atoms with Crippen molar-refractivity contribution in [2.75, 3.05) is 189 Å². The quantitative estimate of drug-likeness (QED) is 0.0219. The van der Waals surface area contributed by atoms with Crippen LogP contribution in [0.1, 0.15) is 80.4 Å². The molecule has 760 valence electrons. The number of piperazine rings is 4. The highest BCUT2D eigenvalue weighted by Crippen LogP contribution is 2.44. The number of halogens is 7. The fourth-order valence-electron chi connectivity index (χ4n) is 15.2. The summed E-state index contributed by atoms with van der Waals surface area (Å²) in [5.74, 6) is 8.60. The summed E-state index contributed by atoms with van der Waals surface area (Å²) in [6.07, 6.45) is 13.5. The maximum Gasteiger partial charge on any atom is 0.417 e. The number of ether oxygens (including phenoxy) is 4. The van der Waals surface area contributed by atoms with Crippen LogP contribution < -0.4 is 71.3 Å². The zero-order chi connectivity index (χ0) is 104. The molecule has 0 atom stereocenters. The van der Waals surface area contributed by atoms with Crippen LogP contribution in [0.15, 0.2) is 246 Å². The van der Waals surface area contributed by atoms with Crippen molar-refractivity contribution in [1.82, 2.24) is 59.5 Å². The molecule has 4 saturated heterocycles. The molecule has 0 bridgehead atoms. The van der Waals surface area contributed by atoms with Gasteiger partial charge in [-0.25, -0.2) is 19.9 Å². The van der Waals surface area contributed by atoms with Crippen LogP contribution in [0.2, 0.25) is 5.02 Å². The lowest BCUT2D eigenvalue weighted by Crippen LogP contribution is -2.47. The molecule has 8 N–H and O–H groups in total. The van der Waals surface area contributed by atoms with E-state index >= 15 is 0 Å². The molecular formula is C105H109ClF6N22O8S4. The number of carbonyl (C=O) groups is 4. The third kappa shape index (κ3) is 31.6. The van der Waals surface area contributed by atoms with Gasteiger partial charge in [0.15, 0.2) is 0 Å². The van der Waals surface area contributed by atoms with Crippen molar-refractivity contribution in [2.24, 2.45) is 22.9 Å². The highest BCUT2D eigenvalue weighted by molar-refractivity contribution is 8.00. The normalized spacial score (nSPS) is 14.1. The number of carbonyl (C=O) groups excluding carboxylic acids is 4. The van der Waals surface area contributed by atoms with Crippen molar-refractivity contribution in [3.8, 4) is 60.6 Å². The molecule has 0 unspecified atom stereocenters. The van der Waals surface area contributed by atoms with Gasteiger partial charge in [-0.05, 0) is 158 Å². The minimum Gasteiger partial charge on any atom is -0.472 e. The minimum absolute atomic E-state index is 0.191. The Morgan fingerprint density at radius 3 is 0.952 bits per heavy atom. The molecule has 0 saturated carbocycles. The van der Waals surface area contributed by atoms with Crippen molar-refractivity contribution in [3.05, 3.63) is 273 Å². The number of rotatable bonds is 33. The van der Waals surface area contributed by atoms with E-state index in [1.807, 2.05) is 161 Å². The van der Waals surface area contributed by atoms with E-state index in [-0.39, 0.29) is 34.8 Å². The van der Waals surface area contributed by atoms with Gasteiger partial charge in [0.05, 0.1) is 86.3 Å². The second-order valence-corrected chi connectivity index (χ2v) is 39.2. The van der Waals surface area contributed by atoms with Crippen molar-refractivity contribution in [1.29, 1.82) is 0 Å². The van der Waals surface area contributed by atoms with Gasteiger partial charge < -0.3 is 76.2 Å². The number of nitrogens with two attached hydrogens (primary N) is 4. The molecule has 16 rings (SSSR count). The average molecular weight is 2080 g/mol. The van der Waals surface area contributed by atoms with E-state index in [2.05, 4.69) is 99.0 Å². The zero-order valence-electron chi connectivity index (χ0n) is 81.0. The third-order valence-electron chi connectivity index (χ3n) is 23.2. The molecule has 8 heterocycles. The molecule has 0 spiro atoms. The smallest absolute Gasteiger partial charge is 0.417 e. The van der Waals surface area contributed by atoms with E-state index in [1.165, 1.54) is 35.7 Å². The Kier molecular flexibility index (Phi) is 38.8. The Balaban J connectivity index is 0.000000163. The highest BCUT2D eigenvalue weighted by atomic mass is 35.5. The Hall–Kier alpha value is -14.3. The Labute approximate surface area is 866 Å². The summed E-state index contributed by atoms with van der Waals surface area (Å²) in [6, 6.07) is 52.4. The Bertz CT molecular complexity index is 6660. The van der Waals surface area contributed by atoms with Crippen LogP contribution in [-0.2, 0) is 38.8 Å². The van der Waals surface area contributed by atoms with E-state index in [9.17, 15) is 45.5 Å². The monoisotopic (exact) mass is 2080 g/mol. The SMILES string of the molecule is C#CCN1CCN(c2ncc(Sc3ccc(C(N)=O)c(C(F)(F)F)c3)c(OCc3cccc(N(C)C)c3)n2)CC1.C#CCN1CCN(c2ncc(Sc3ccc(C(N)=O)cc3)c(OCc3cccc(Cl)c3)n2)CC1.C#CCN1CCN(c2ncc(Sc3ccc(C(N)=O)cc3)c(OCc3cccc(N(C)C)c3)n2)CC1.Cc1cccc(COc2nc(N3CCN(C)CC3)ncc2Sc2ccc(C(N)=O)c(C(F)(F)F)c2)c1. The van der Waals surface area contributed by atoms with E-state index < -0.39 is 58.2 Å². The first-order valence-corrected chi connectivity index (χ1v) is 49.7. The Morgan fingerprint density at radius 2 is 0.664 bits per heavy atom. The number of benzene rings is 8. The summed E-state index contributed by atoms with van der Waals surface area (Å²) in [5.41, 5.74) is 25.6. The number of primary amides is 4. The van der Waals surface area contributed by atoms with Crippen molar-refractivity contribution in [2.45, 2.75) is 84.9 Å². The standard InChI is InChI=1S/C28H29F3N6O2S.C27H30N6O2S.C25H24ClN5O2S.C25H26F3N5O2S/c1-4-10-36-11-13-37(14-12-36)27-33-17-24(26(34-27)39-18-19-6-5-7-20(15-19)35(2)3)40-21-8-9-22(25(32)38)23(16-21)28(29,30)31;1-4-12-32-13-15-33(16-14-32)27-29-18-24(36-23-10-8-21(9-11-23)25(28)34)26(30-27)35-19-20-6-5-7-22(17-20)31(2)3;1-2-10-30-11-13-31(14-12-30)25-28-16-22(34-21-8-6-19(7-9-21)23(27)32)24(29-25)33-17-18-4-3-5-20(26)15-18;1-16-4-3-5-17(12-16)15-35-23-21(14-30-24(31-23)33-10-8-32(2)9-11-33)36-18-6-7-19(22(29)34)20(13-18)25(26,27)28/h1,5-9,15-17H,10-14,18H2,2-3H3,(H2,32,38);1,5-11,17-18H,12-16,19H2,2-3H3,(H2,28,34);1,3-9,15-16H,10-14,17H2,(H2,27,32);3-7,12-14H,8-11,15H2,1-2H3,(H2,29,34). The van der Waals surface area contributed by atoms with Gasteiger partial charge in [-0.3, -0.25) is 33.9 Å². The summed E-state index contributed by atoms with van der Waals surface area (Å²) in [6.45, 7) is 17.7. The van der Waals surface area contributed by atoms with Crippen LogP contribution in [0.25, 0.3) is 0 Å². The van der Waals surface area contributed by atoms with Gasteiger partial charge in [0.1, 0.15) is 26.4 Å². The van der Waals surface area contributed by atoms with Crippen LogP contribution in [0.4, 0.5) is 61.5 Å². The average Bonchev–Trinajstić information content (AvgIpc) is 0.800. The molecule has 0 radical (unpaired) electrons. The fourth-order valence-corrected chi connectivity index (χ4v) is 18.8. The summed E-state index contributed by atoms with van der Waals surface area (Å²) in [4.78, 5) is 109. The molecule has 146 heavy (non-hydrogen) atoms. The number of alkyl halides is 6. The molecule has 30 nitrogen and oxygen atoms in total. The minimum atomic E-state index is -4.75. The van der Waals surface area contributed by atoms with E-state index in [0.29, 0.717) is 107 Å². The summed E-state index contributed by atoms with van der Waals surface area (Å²) in [5, 5.41) is 0.651. The number of nitrogens with zero attached hydrogens (tertiary/aromatic N) is 18. The van der Waals surface area contributed by atoms with Crippen LogP contribution in [0.5, 0.6) is 23.5 Å². The summed E-state index contributed by atoms with van der Waals surface area (Å²) < 4.78 is 106. The van der Waals surface area contributed by atoms with Gasteiger partial charge in [0.2, 0.25) is 70.9 Å². The van der Waals surface area contributed by atoms with Crippen molar-refractivity contribution in [3.63, 3.8) is 0 Å². The molecule has 4 amide bonds. The number of likely N-dealkylation sites (N-methyl/N-ethyl adjacent to an activating group) is 1. The van der Waals surface area contributed by atoms with Gasteiger partial charge in [-0.2, -0.15) is 46.3 Å². The molecule has 4 aliphatic heterocycles. The number of hydrogen-bond donors (Lipinski definition) is 4. The molecule has 4 aliphatic rings. The second-order valence-electron chi connectivity index (χ2n) is 34.3. The third-order valence-corrected chi connectivity index (χ3v) is 27.4. The van der Waals surface area contributed by atoms with Crippen LogP contribution in [0, 0.1) is 44.0 Å². The molecule has 0 aliphatic carbocycles. The number of aryl methyl sites for hydroxylation is 1. The first kappa shape index (κ1) is 109. The number of hydrogen-bond acceptors (Lipinski definition) is 30. The maximum absolute atomic E-state index is 13.6. The molecule has 12 aromatic rings. The fraction of sp³-hybridized carbons (Fsp3) is 0.295. The second kappa shape index (κ2) is 52.0. The summed E-state index contributed by atoms with van der Waals surface area (Å²) in [7, 11) is 9.95. The number of terminal acetylenes is 3. The molecule has 4 fully saturated rings. The predicted molar refractivity (Wildman–Crippen MR) is 558 cm³/mol. The largest absolute Gasteiger partial charge is 0.472 e. The van der Waals surface area contributed by atoms with Gasteiger partial charge in [-0.1, -0.05) is 143 Å². The van der Waals surface area contributed by atoms with Crippen LogP contribution in [-0.4, -0.2) is 243 Å². The van der Waals surface area contributed by atoms with Gasteiger partial charge >= 0.3 is 12.4 Å². The summed E-state index contributed by atoms with van der Waals surface area (Å²) >= 11 is 11.1. The van der Waals surface area contributed by atoms with Crippen LogP contribution >= 0.6 is 58.6 Å². The number of anilines is 6. The Morgan fingerprint density at radius 1 is 0.377 bits per heavy atom. The van der Waals surface area contributed by atoms with Crippen molar-refractivity contribution >= 4 is 117 Å². The highest BCUT2D eigenvalue weighted by Gasteiger charge is 2.38. The van der Waals surface area contributed by atoms with E-state index in [0.717, 1.165) is 198 Å². The lowest BCUT2D eigenvalue weighted by molar-refractivity contribution is -0.138. The van der Waals surface area contributed by atoms with E-state index in [4.69, 9.17) is 82.7 Å². The first-order chi connectivity index (χ1) is 70.1. The zero-order valence-corrected chi connectivity index (χ0v) is 85.1. The molecular weight excluding hydrogens is 1980 g/mol. The predicted octanol–water partition coefficient (Wildman–Crippen LogP) is 15.4.